The Morgan fingerprint density at radius 1 is 1.33 bits per heavy atom. The Hall–Kier alpha value is -1.10. The lowest BCUT2D eigenvalue weighted by atomic mass is 9.84. The van der Waals surface area contributed by atoms with Gasteiger partial charge in [0, 0.05) is 20.3 Å². The summed E-state index contributed by atoms with van der Waals surface area (Å²) in [6.07, 6.45) is 0.847. The molecule has 21 heavy (non-hydrogen) atoms. The minimum atomic E-state index is -0.834. The second-order valence-corrected chi connectivity index (χ2v) is 7.64. The van der Waals surface area contributed by atoms with Crippen molar-refractivity contribution in [2.45, 2.75) is 59.5 Å². The molecule has 0 radical (unpaired) electrons. The van der Waals surface area contributed by atoms with E-state index in [4.69, 9.17) is 4.74 Å². The van der Waals surface area contributed by atoms with Gasteiger partial charge in [-0.2, -0.15) is 0 Å². The second kappa shape index (κ2) is 6.34. The highest BCUT2D eigenvalue weighted by molar-refractivity contribution is 5.99. The van der Waals surface area contributed by atoms with Gasteiger partial charge in [-0.05, 0) is 31.6 Å². The summed E-state index contributed by atoms with van der Waals surface area (Å²) < 4.78 is 5.15. The summed E-state index contributed by atoms with van der Waals surface area (Å²) in [4.78, 5) is 26.9. The number of piperazine rings is 1. The predicted octanol–water partition coefficient (Wildman–Crippen LogP) is 1.81. The molecule has 1 N–H and O–H groups in total. The maximum atomic E-state index is 12.7. The molecule has 5 heteroatoms. The molecule has 1 heterocycles. The first kappa shape index (κ1) is 18.0. The molecule has 5 nitrogen and oxygen atoms in total. The van der Waals surface area contributed by atoms with Crippen molar-refractivity contribution in [1.29, 1.82) is 0 Å². The van der Waals surface area contributed by atoms with Gasteiger partial charge in [0.15, 0.2) is 0 Å². The lowest BCUT2D eigenvalue weighted by Crippen LogP contribution is -2.70. The molecule has 1 fully saturated rings. The van der Waals surface area contributed by atoms with Crippen LogP contribution in [0, 0.1) is 11.3 Å². The van der Waals surface area contributed by atoms with Crippen molar-refractivity contribution in [3.05, 3.63) is 0 Å². The summed E-state index contributed by atoms with van der Waals surface area (Å²) in [7, 11) is 1.68. The smallest absolute Gasteiger partial charge is 0.248 e. The Balaban J connectivity index is 3.01. The molecule has 0 spiro atoms. The lowest BCUT2D eigenvalue weighted by Gasteiger charge is -2.47. The van der Waals surface area contributed by atoms with Crippen LogP contribution in [0.3, 0.4) is 0 Å². The fourth-order valence-electron chi connectivity index (χ4n) is 2.81. The van der Waals surface area contributed by atoms with Crippen LogP contribution in [0.5, 0.6) is 0 Å². The third kappa shape index (κ3) is 4.19. The molecular formula is C16H30N2O3. The number of methoxy groups -OCH3 is 1. The van der Waals surface area contributed by atoms with E-state index in [-0.39, 0.29) is 23.1 Å². The maximum absolute atomic E-state index is 12.7. The van der Waals surface area contributed by atoms with Crippen LogP contribution in [0.1, 0.15) is 48.0 Å². The number of carbonyl (C=O) groups is 2. The van der Waals surface area contributed by atoms with Crippen LogP contribution in [-0.2, 0) is 14.3 Å². The number of rotatable bonds is 6. The zero-order chi connectivity index (χ0) is 16.4. The molecule has 0 aromatic rings. The van der Waals surface area contributed by atoms with E-state index in [0.717, 1.165) is 6.42 Å². The molecule has 0 bridgehead atoms. The Bertz CT molecular complexity index is 402. The van der Waals surface area contributed by atoms with Gasteiger partial charge < -0.3 is 15.0 Å². The summed E-state index contributed by atoms with van der Waals surface area (Å²) in [6, 6.07) is -0.396. The number of amides is 2. The quantitative estimate of drug-likeness (QED) is 0.813. The highest BCUT2D eigenvalue weighted by Gasteiger charge is 2.47. The first-order chi connectivity index (χ1) is 9.52. The van der Waals surface area contributed by atoms with E-state index < -0.39 is 11.6 Å². The molecule has 1 aliphatic heterocycles. The van der Waals surface area contributed by atoms with Crippen LogP contribution in [0.2, 0.25) is 0 Å². The zero-order valence-electron chi connectivity index (χ0n) is 14.4. The van der Waals surface area contributed by atoms with E-state index in [0.29, 0.717) is 13.2 Å². The summed E-state index contributed by atoms with van der Waals surface area (Å²) >= 11 is 0. The van der Waals surface area contributed by atoms with Crippen molar-refractivity contribution in [2.24, 2.45) is 11.3 Å². The molecule has 122 valence electrons. The van der Waals surface area contributed by atoms with Gasteiger partial charge >= 0.3 is 0 Å². The summed E-state index contributed by atoms with van der Waals surface area (Å²) in [5.74, 6) is 0.0201. The summed E-state index contributed by atoms with van der Waals surface area (Å²) in [5.41, 5.74) is -0.924. The number of nitrogens with one attached hydrogen (secondary N) is 1. The highest BCUT2D eigenvalue weighted by atomic mass is 16.5. The summed E-state index contributed by atoms with van der Waals surface area (Å²) in [6.45, 7) is 12.9. The summed E-state index contributed by atoms with van der Waals surface area (Å²) in [5, 5.41) is 2.84. The van der Waals surface area contributed by atoms with E-state index in [2.05, 4.69) is 19.2 Å². The molecular weight excluding hydrogens is 268 g/mol. The zero-order valence-corrected chi connectivity index (χ0v) is 14.4. The van der Waals surface area contributed by atoms with Crippen molar-refractivity contribution in [3.8, 4) is 0 Å². The number of hydrogen-bond acceptors (Lipinski definition) is 3. The first-order valence-electron chi connectivity index (χ1n) is 7.64. The van der Waals surface area contributed by atoms with Crippen molar-refractivity contribution in [1.82, 2.24) is 10.2 Å². The van der Waals surface area contributed by atoms with E-state index >= 15 is 0 Å². The lowest BCUT2D eigenvalue weighted by molar-refractivity contribution is -0.157. The molecule has 1 rings (SSSR count). The van der Waals surface area contributed by atoms with Gasteiger partial charge in [0.05, 0.1) is 0 Å². The molecule has 1 unspecified atom stereocenters. The van der Waals surface area contributed by atoms with E-state index in [1.54, 1.807) is 25.9 Å². The number of nitrogens with zero attached hydrogens (tertiary/aromatic N) is 1. The average Bonchev–Trinajstić information content (AvgIpc) is 2.32. The molecule has 1 aliphatic rings. The van der Waals surface area contributed by atoms with Gasteiger partial charge in [-0.25, -0.2) is 0 Å². The van der Waals surface area contributed by atoms with Crippen molar-refractivity contribution in [2.75, 3.05) is 20.3 Å². The van der Waals surface area contributed by atoms with Crippen molar-refractivity contribution >= 4 is 11.8 Å². The average molecular weight is 298 g/mol. The Morgan fingerprint density at radius 3 is 2.38 bits per heavy atom. The molecule has 1 saturated heterocycles. The minimum Gasteiger partial charge on any atom is -0.385 e. The van der Waals surface area contributed by atoms with Gasteiger partial charge in [0.1, 0.15) is 11.6 Å². The number of hydrogen-bond donors (Lipinski definition) is 1. The molecule has 0 aromatic carbocycles. The number of ether oxygens (including phenoxy) is 1. The monoisotopic (exact) mass is 298 g/mol. The van der Waals surface area contributed by atoms with Crippen LogP contribution < -0.4 is 5.32 Å². The normalized spacial score (nSPS) is 22.7. The Morgan fingerprint density at radius 2 is 1.90 bits per heavy atom. The van der Waals surface area contributed by atoms with Crippen LogP contribution in [0.25, 0.3) is 0 Å². The van der Waals surface area contributed by atoms with Crippen LogP contribution in [0.15, 0.2) is 0 Å². The molecule has 1 atom stereocenters. The molecule has 2 amide bonds. The SMILES string of the molecule is COCCC(C)(C)CN1C(=O)C(C)(C)NC(=O)C1C(C)C. The van der Waals surface area contributed by atoms with E-state index in [1.807, 2.05) is 13.8 Å². The third-order valence-corrected chi connectivity index (χ3v) is 4.05. The fourth-order valence-corrected chi connectivity index (χ4v) is 2.81. The predicted molar refractivity (Wildman–Crippen MR) is 82.8 cm³/mol. The van der Waals surface area contributed by atoms with Gasteiger partial charge in [0.25, 0.3) is 0 Å². The Kier molecular flexibility index (Phi) is 5.42. The Labute approximate surface area is 128 Å². The van der Waals surface area contributed by atoms with Crippen LogP contribution in [-0.4, -0.2) is 48.6 Å². The molecule has 0 aliphatic carbocycles. The van der Waals surface area contributed by atoms with Crippen LogP contribution >= 0.6 is 0 Å². The molecule has 0 aromatic heterocycles. The van der Waals surface area contributed by atoms with Gasteiger partial charge in [-0.15, -0.1) is 0 Å². The minimum absolute atomic E-state index is 0.00806. The largest absolute Gasteiger partial charge is 0.385 e. The van der Waals surface area contributed by atoms with E-state index in [9.17, 15) is 9.59 Å². The fraction of sp³-hybridized carbons (Fsp3) is 0.875. The second-order valence-electron chi connectivity index (χ2n) is 7.64. The van der Waals surface area contributed by atoms with Gasteiger partial charge in [-0.3, -0.25) is 9.59 Å². The maximum Gasteiger partial charge on any atom is 0.248 e. The van der Waals surface area contributed by atoms with Crippen LogP contribution in [0.4, 0.5) is 0 Å². The number of carbonyl (C=O) groups excluding carboxylic acids is 2. The van der Waals surface area contributed by atoms with Crippen molar-refractivity contribution < 1.29 is 14.3 Å². The molecule has 0 saturated carbocycles. The standard InChI is InChI=1S/C16H30N2O3/c1-11(2)12-13(19)17-16(5,6)14(20)18(12)10-15(3,4)8-9-21-7/h11-12H,8-10H2,1-7H3,(H,17,19). The third-order valence-electron chi connectivity index (χ3n) is 4.05. The highest BCUT2D eigenvalue weighted by Crippen LogP contribution is 2.29. The first-order valence-corrected chi connectivity index (χ1v) is 7.64. The van der Waals surface area contributed by atoms with Crippen molar-refractivity contribution in [3.63, 3.8) is 0 Å². The van der Waals surface area contributed by atoms with E-state index in [1.165, 1.54) is 0 Å². The topological polar surface area (TPSA) is 58.6 Å². The van der Waals surface area contributed by atoms with Gasteiger partial charge in [0.2, 0.25) is 11.8 Å². The van der Waals surface area contributed by atoms with Gasteiger partial charge in [-0.1, -0.05) is 27.7 Å².